The van der Waals surface area contributed by atoms with Crippen molar-refractivity contribution in [3.63, 3.8) is 0 Å². The molecule has 7 nitrogen and oxygen atoms in total. The minimum absolute atomic E-state index is 0.0343. The zero-order valence-corrected chi connectivity index (χ0v) is 19.3. The van der Waals surface area contributed by atoms with Crippen LogP contribution in [0, 0.1) is 11.3 Å². The molecule has 1 heterocycles. The third-order valence-corrected chi connectivity index (χ3v) is 6.27. The molecule has 0 spiro atoms. The van der Waals surface area contributed by atoms with Crippen LogP contribution < -0.4 is 8.92 Å². The van der Waals surface area contributed by atoms with E-state index in [-0.39, 0.29) is 32.9 Å². The fourth-order valence-electron chi connectivity index (χ4n) is 2.96. The van der Waals surface area contributed by atoms with Crippen molar-refractivity contribution in [2.24, 2.45) is 0 Å². The van der Waals surface area contributed by atoms with Gasteiger partial charge in [0.1, 0.15) is 22.1 Å². The number of oxazole rings is 1. The lowest BCUT2D eigenvalue weighted by molar-refractivity contribution is 0.390. The van der Waals surface area contributed by atoms with Crippen molar-refractivity contribution in [3.8, 4) is 17.6 Å². The van der Waals surface area contributed by atoms with E-state index in [9.17, 15) is 13.7 Å². The van der Waals surface area contributed by atoms with Gasteiger partial charge in [0, 0.05) is 5.02 Å². The molecule has 33 heavy (non-hydrogen) atoms. The lowest BCUT2D eigenvalue weighted by atomic mass is 10.1. The summed E-state index contributed by atoms with van der Waals surface area (Å²) in [5, 5.41) is 9.97. The standard InChI is InChI=1S/C23H14Cl2N2O5S/c1-30-21-12-14(10-15(13-26)23-27-19-4-2-3-5-20(19)31-23)11-18(25)22(21)32-33(28,29)17-8-6-16(24)7-9-17/h2-12H,1H3/b15-10+. The monoisotopic (exact) mass is 500 g/mol. The summed E-state index contributed by atoms with van der Waals surface area (Å²) in [5.74, 6) is 0.00668. The van der Waals surface area contributed by atoms with Crippen molar-refractivity contribution >= 4 is 56.1 Å². The largest absolute Gasteiger partial charge is 0.493 e. The zero-order valence-electron chi connectivity index (χ0n) is 17.0. The van der Waals surface area contributed by atoms with Gasteiger partial charge in [0.05, 0.1) is 12.1 Å². The molecule has 0 aliphatic rings. The Morgan fingerprint density at radius 2 is 1.85 bits per heavy atom. The van der Waals surface area contributed by atoms with Gasteiger partial charge in [0.2, 0.25) is 11.6 Å². The van der Waals surface area contributed by atoms with E-state index >= 15 is 0 Å². The van der Waals surface area contributed by atoms with E-state index in [2.05, 4.69) is 4.98 Å². The molecular formula is C23H14Cl2N2O5S. The Bertz CT molecular complexity index is 1490. The summed E-state index contributed by atoms with van der Waals surface area (Å²) in [7, 11) is -2.86. The number of nitrogens with zero attached hydrogens (tertiary/aromatic N) is 2. The summed E-state index contributed by atoms with van der Waals surface area (Å²) < 4.78 is 41.5. The molecule has 166 valence electrons. The average molecular weight is 501 g/mol. The van der Waals surface area contributed by atoms with E-state index in [0.29, 0.717) is 21.7 Å². The molecule has 0 amide bonds. The highest BCUT2D eigenvalue weighted by Crippen LogP contribution is 2.39. The number of hydrogen-bond donors (Lipinski definition) is 0. The number of nitriles is 1. The highest BCUT2D eigenvalue weighted by atomic mass is 35.5. The molecule has 4 rings (SSSR count). The number of para-hydroxylation sites is 2. The zero-order chi connectivity index (χ0) is 23.6. The number of aromatic nitrogens is 1. The second kappa shape index (κ2) is 9.16. The van der Waals surface area contributed by atoms with E-state index in [0.717, 1.165) is 0 Å². The first-order valence-corrected chi connectivity index (χ1v) is 11.5. The molecular weight excluding hydrogens is 487 g/mol. The van der Waals surface area contributed by atoms with Crippen molar-refractivity contribution < 1.29 is 21.8 Å². The van der Waals surface area contributed by atoms with Crippen LogP contribution in [-0.2, 0) is 10.1 Å². The van der Waals surface area contributed by atoms with E-state index in [1.54, 1.807) is 18.2 Å². The van der Waals surface area contributed by atoms with Crippen molar-refractivity contribution in [2.75, 3.05) is 7.11 Å². The maximum Gasteiger partial charge on any atom is 0.339 e. The molecule has 4 aromatic rings. The minimum atomic E-state index is -4.20. The Kier molecular flexibility index (Phi) is 6.29. The first kappa shape index (κ1) is 22.7. The fourth-order valence-corrected chi connectivity index (χ4v) is 4.35. The Hall–Kier alpha value is -3.51. The Balaban J connectivity index is 1.71. The number of allylic oxidation sites excluding steroid dienone is 1. The molecule has 0 saturated carbocycles. The van der Waals surface area contributed by atoms with E-state index in [4.69, 9.17) is 36.5 Å². The van der Waals surface area contributed by atoms with Crippen LogP contribution in [0.2, 0.25) is 10.0 Å². The van der Waals surface area contributed by atoms with Gasteiger partial charge in [-0.2, -0.15) is 13.7 Å². The first-order chi connectivity index (χ1) is 15.8. The van der Waals surface area contributed by atoms with Gasteiger partial charge in [0.25, 0.3) is 0 Å². The molecule has 0 unspecified atom stereocenters. The van der Waals surface area contributed by atoms with Crippen LogP contribution in [0.25, 0.3) is 22.7 Å². The molecule has 0 aliphatic heterocycles. The summed E-state index contributed by atoms with van der Waals surface area (Å²) in [4.78, 5) is 4.22. The summed E-state index contributed by atoms with van der Waals surface area (Å²) >= 11 is 12.1. The van der Waals surface area contributed by atoms with Crippen LogP contribution in [0.15, 0.2) is 70.0 Å². The fraction of sp³-hybridized carbons (Fsp3) is 0.0435. The quantitative estimate of drug-likeness (QED) is 0.237. The number of rotatable bonds is 6. The number of ether oxygens (including phenoxy) is 1. The van der Waals surface area contributed by atoms with Crippen LogP contribution in [-0.4, -0.2) is 20.5 Å². The summed E-state index contributed by atoms with van der Waals surface area (Å²) in [6.07, 6.45) is 1.50. The smallest absolute Gasteiger partial charge is 0.339 e. The Labute approximate surface area is 199 Å². The molecule has 10 heteroatoms. The molecule has 0 saturated heterocycles. The van der Waals surface area contributed by atoms with Gasteiger partial charge in [0.15, 0.2) is 11.3 Å². The Morgan fingerprint density at radius 1 is 1.12 bits per heavy atom. The number of benzene rings is 3. The molecule has 0 N–H and O–H groups in total. The van der Waals surface area contributed by atoms with Crippen molar-refractivity contribution in [1.82, 2.24) is 4.98 Å². The molecule has 3 aromatic carbocycles. The number of halogens is 2. The minimum Gasteiger partial charge on any atom is -0.493 e. The third-order valence-electron chi connectivity index (χ3n) is 4.50. The molecule has 1 aromatic heterocycles. The van der Waals surface area contributed by atoms with Crippen molar-refractivity contribution in [3.05, 3.63) is 82.2 Å². The lowest BCUT2D eigenvalue weighted by Crippen LogP contribution is -2.10. The maximum absolute atomic E-state index is 12.7. The van der Waals surface area contributed by atoms with E-state index < -0.39 is 10.1 Å². The van der Waals surface area contributed by atoms with E-state index in [1.807, 2.05) is 12.1 Å². The van der Waals surface area contributed by atoms with Crippen LogP contribution in [0.5, 0.6) is 11.5 Å². The topological polar surface area (TPSA) is 102 Å². The van der Waals surface area contributed by atoms with Gasteiger partial charge in [-0.05, 0) is 60.2 Å². The lowest BCUT2D eigenvalue weighted by Gasteiger charge is -2.13. The van der Waals surface area contributed by atoms with Crippen molar-refractivity contribution in [2.45, 2.75) is 4.90 Å². The summed E-state index contributed by atoms with van der Waals surface area (Å²) in [6, 6.07) is 17.6. The van der Waals surface area contributed by atoms with Gasteiger partial charge in [-0.1, -0.05) is 35.3 Å². The van der Waals surface area contributed by atoms with Gasteiger partial charge >= 0.3 is 10.1 Å². The average Bonchev–Trinajstić information content (AvgIpc) is 3.23. The second-order valence-corrected chi connectivity index (χ2v) is 9.07. The predicted octanol–water partition coefficient (Wildman–Crippen LogP) is 5.98. The highest BCUT2D eigenvalue weighted by molar-refractivity contribution is 7.87. The first-order valence-electron chi connectivity index (χ1n) is 9.36. The van der Waals surface area contributed by atoms with Crippen LogP contribution in [0.4, 0.5) is 0 Å². The van der Waals surface area contributed by atoms with Gasteiger partial charge in [-0.15, -0.1) is 0 Å². The van der Waals surface area contributed by atoms with Gasteiger partial charge in [-0.3, -0.25) is 0 Å². The molecule has 0 bridgehead atoms. The number of methoxy groups -OCH3 is 1. The normalized spacial score (nSPS) is 11.9. The second-order valence-electron chi connectivity index (χ2n) is 6.68. The molecule has 0 aliphatic carbocycles. The van der Waals surface area contributed by atoms with Crippen LogP contribution in [0.1, 0.15) is 11.5 Å². The third kappa shape index (κ3) is 4.81. The predicted molar refractivity (Wildman–Crippen MR) is 125 cm³/mol. The summed E-state index contributed by atoms with van der Waals surface area (Å²) in [5.41, 5.74) is 1.75. The van der Waals surface area contributed by atoms with Crippen LogP contribution in [0.3, 0.4) is 0 Å². The maximum atomic E-state index is 12.7. The Morgan fingerprint density at radius 3 is 2.52 bits per heavy atom. The van der Waals surface area contributed by atoms with Gasteiger partial charge in [-0.25, -0.2) is 4.98 Å². The molecule has 0 fully saturated rings. The van der Waals surface area contributed by atoms with Gasteiger partial charge < -0.3 is 13.3 Å². The summed E-state index contributed by atoms with van der Waals surface area (Å²) in [6.45, 7) is 0. The van der Waals surface area contributed by atoms with E-state index in [1.165, 1.54) is 49.6 Å². The molecule has 0 atom stereocenters. The highest BCUT2D eigenvalue weighted by Gasteiger charge is 2.22. The SMILES string of the molecule is COc1cc(/C=C(\C#N)c2nc3ccccc3o2)cc(Cl)c1OS(=O)(=O)c1ccc(Cl)cc1. The van der Waals surface area contributed by atoms with Crippen LogP contribution >= 0.6 is 23.2 Å². The molecule has 0 radical (unpaired) electrons. The number of fused-ring (bicyclic) bond motifs is 1. The van der Waals surface area contributed by atoms with Crippen molar-refractivity contribution in [1.29, 1.82) is 5.26 Å². The number of hydrogen-bond acceptors (Lipinski definition) is 7.